The van der Waals surface area contributed by atoms with Gasteiger partial charge in [0.05, 0.1) is 6.61 Å². The highest BCUT2D eigenvalue weighted by Gasteiger charge is 2.26. The molecule has 0 amide bonds. The maximum absolute atomic E-state index is 12.7. The predicted molar refractivity (Wildman–Crippen MR) is 145 cm³/mol. The van der Waals surface area contributed by atoms with Gasteiger partial charge in [-0.15, -0.1) is 0 Å². The summed E-state index contributed by atoms with van der Waals surface area (Å²) >= 11 is 0. The van der Waals surface area contributed by atoms with E-state index in [0.29, 0.717) is 36.0 Å². The first-order valence-corrected chi connectivity index (χ1v) is 14.0. The van der Waals surface area contributed by atoms with E-state index in [1.54, 1.807) is 18.2 Å². The van der Waals surface area contributed by atoms with Crippen LogP contribution in [0.5, 0.6) is 23.0 Å². The van der Waals surface area contributed by atoms with Crippen molar-refractivity contribution in [2.45, 2.75) is 104 Å². The van der Waals surface area contributed by atoms with E-state index in [0.717, 1.165) is 43.2 Å². The zero-order chi connectivity index (χ0) is 26.5. The van der Waals surface area contributed by atoms with Crippen molar-refractivity contribution in [2.75, 3.05) is 6.61 Å². The molecule has 0 aromatic heterocycles. The van der Waals surface area contributed by atoms with Crippen molar-refractivity contribution in [2.24, 2.45) is 0 Å². The third-order valence-corrected chi connectivity index (χ3v) is 6.60. The lowest BCUT2D eigenvalue weighted by atomic mass is 9.96. The lowest BCUT2D eigenvalue weighted by molar-refractivity contribution is -0.134. The number of fused-ring (bicyclic) bond motifs is 1. The molecular formula is C31H42O6. The van der Waals surface area contributed by atoms with Crippen molar-refractivity contribution in [1.82, 2.24) is 0 Å². The number of carbonyl (C=O) groups excluding carboxylic acids is 2. The largest absolute Gasteiger partial charge is 0.494 e. The quantitative estimate of drug-likeness (QED) is 0.138. The van der Waals surface area contributed by atoms with Gasteiger partial charge in [0.25, 0.3) is 0 Å². The first-order valence-electron chi connectivity index (χ1n) is 14.0. The predicted octanol–water partition coefficient (Wildman–Crippen LogP) is 7.90. The lowest BCUT2D eigenvalue weighted by Gasteiger charge is -2.28. The minimum absolute atomic E-state index is 0.230. The molecule has 3 rings (SSSR count). The van der Waals surface area contributed by atoms with Crippen molar-refractivity contribution in [1.29, 1.82) is 0 Å². The Morgan fingerprint density at radius 2 is 1.57 bits per heavy atom. The van der Waals surface area contributed by atoms with Gasteiger partial charge in [-0.25, -0.2) is 0 Å². The van der Waals surface area contributed by atoms with Crippen LogP contribution >= 0.6 is 0 Å². The Morgan fingerprint density at radius 1 is 0.865 bits per heavy atom. The zero-order valence-electron chi connectivity index (χ0n) is 22.7. The van der Waals surface area contributed by atoms with E-state index < -0.39 is 0 Å². The summed E-state index contributed by atoms with van der Waals surface area (Å²) in [6.45, 7) is 6.06. The molecular weight excluding hydrogens is 468 g/mol. The van der Waals surface area contributed by atoms with Crippen molar-refractivity contribution in [3.63, 3.8) is 0 Å². The molecule has 0 aliphatic carbocycles. The highest BCUT2D eigenvalue weighted by molar-refractivity contribution is 5.73. The van der Waals surface area contributed by atoms with E-state index >= 15 is 0 Å². The number of esters is 2. The summed E-state index contributed by atoms with van der Waals surface area (Å²) in [5.74, 6) is 1.66. The van der Waals surface area contributed by atoms with Crippen LogP contribution in [0.4, 0.5) is 0 Å². The summed E-state index contributed by atoms with van der Waals surface area (Å²) in [7, 11) is 0. The molecule has 1 unspecified atom stereocenters. The molecule has 0 spiro atoms. The van der Waals surface area contributed by atoms with E-state index in [2.05, 4.69) is 6.92 Å². The zero-order valence-corrected chi connectivity index (χ0v) is 22.7. The second kappa shape index (κ2) is 15.3. The van der Waals surface area contributed by atoms with Crippen LogP contribution in [0.3, 0.4) is 0 Å². The average Bonchev–Trinajstić information content (AvgIpc) is 2.87. The van der Waals surface area contributed by atoms with Gasteiger partial charge in [-0.1, -0.05) is 64.4 Å². The standard InChI is InChI=1S/C31H42O6/c1-4-6-7-8-9-10-11-12-13-14-31(33)37-30-21-25(34-5-2)18-19-27(30)28-20-16-24-15-17-26(35-23(3)32)22-29(24)36-28/h15,17-19,21-22,28H,4-14,16,20H2,1-3H3. The SMILES string of the molecule is CCCCCCCCCCCC(=O)Oc1cc(OCC)ccc1C1CCc2ccc(OC(C)=O)cc2O1. The van der Waals surface area contributed by atoms with Crippen molar-refractivity contribution < 1.29 is 28.5 Å². The number of hydrogen-bond donors (Lipinski definition) is 0. The van der Waals surface area contributed by atoms with Gasteiger partial charge in [0, 0.05) is 31.0 Å². The summed E-state index contributed by atoms with van der Waals surface area (Å²) in [4.78, 5) is 24.1. The normalized spacial score (nSPS) is 14.4. The molecule has 1 heterocycles. The Morgan fingerprint density at radius 3 is 2.27 bits per heavy atom. The fraction of sp³-hybridized carbons (Fsp3) is 0.548. The van der Waals surface area contributed by atoms with Crippen molar-refractivity contribution in [3.8, 4) is 23.0 Å². The third kappa shape index (κ3) is 9.42. The minimum atomic E-state index is -0.375. The van der Waals surface area contributed by atoms with Crippen LogP contribution in [0.15, 0.2) is 36.4 Å². The van der Waals surface area contributed by atoms with Crippen LogP contribution in [-0.4, -0.2) is 18.5 Å². The Bertz CT molecular complexity index is 1010. The number of ether oxygens (including phenoxy) is 4. The number of aryl methyl sites for hydroxylation is 1. The molecule has 1 aliphatic heterocycles. The lowest BCUT2D eigenvalue weighted by Crippen LogP contribution is -2.18. The molecule has 0 radical (unpaired) electrons. The first kappa shape index (κ1) is 28.5. The summed E-state index contributed by atoms with van der Waals surface area (Å²) in [6.07, 6.45) is 12.5. The maximum atomic E-state index is 12.7. The van der Waals surface area contributed by atoms with Gasteiger partial charge in [0.1, 0.15) is 29.1 Å². The smallest absolute Gasteiger partial charge is 0.311 e. The van der Waals surface area contributed by atoms with E-state index in [-0.39, 0.29) is 18.0 Å². The van der Waals surface area contributed by atoms with Gasteiger partial charge in [-0.2, -0.15) is 0 Å². The highest BCUT2D eigenvalue weighted by atomic mass is 16.5. The summed E-state index contributed by atoms with van der Waals surface area (Å²) in [6, 6.07) is 11.0. The maximum Gasteiger partial charge on any atom is 0.311 e. The Hall–Kier alpha value is -3.02. The molecule has 2 aromatic rings. The molecule has 0 N–H and O–H groups in total. The average molecular weight is 511 g/mol. The Kier molecular flexibility index (Phi) is 11.8. The molecule has 6 nitrogen and oxygen atoms in total. The minimum Gasteiger partial charge on any atom is -0.494 e. The third-order valence-electron chi connectivity index (χ3n) is 6.60. The van der Waals surface area contributed by atoms with Crippen LogP contribution in [-0.2, 0) is 16.0 Å². The Balaban J connectivity index is 1.59. The molecule has 0 saturated heterocycles. The van der Waals surface area contributed by atoms with Gasteiger partial charge < -0.3 is 18.9 Å². The molecule has 1 atom stereocenters. The van der Waals surface area contributed by atoms with Crippen LogP contribution in [0.25, 0.3) is 0 Å². The van der Waals surface area contributed by atoms with Gasteiger partial charge >= 0.3 is 11.9 Å². The number of rotatable bonds is 15. The molecule has 0 bridgehead atoms. The fourth-order valence-corrected chi connectivity index (χ4v) is 4.68. The van der Waals surface area contributed by atoms with E-state index in [1.165, 1.54) is 45.4 Å². The van der Waals surface area contributed by atoms with Crippen LogP contribution in [0.1, 0.15) is 109 Å². The van der Waals surface area contributed by atoms with E-state index in [9.17, 15) is 9.59 Å². The number of unbranched alkanes of at least 4 members (excludes halogenated alkanes) is 8. The number of hydrogen-bond acceptors (Lipinski definition) is 6. The first-order chi connectivity index (χ1) is 18.0. The second-order valence-electron chi connectivity index (χ2n) is 9.69. The molecule has 37 heavy (non-hydrogen) atoms. The van der Waals surface area contributed by atoms with Gasteiger partial charge in [0.2, 0.25) is 0 Å². The molecule has 2 aromatic carbocycles. The summed E-state index contributed by atoms with van der Waals surface area (Å²) in [5, 5.41) is 0. The fourth-order valence-electron chi connectivity index (χ4n) is 4.68. The van der Waals surface area contributed by atoms with Crippen LogP contribution < -0.4 is 18.9 Å². The number of carbonyl (C=O) groups is 2. The summed E-state index contributed by atoms with van der Waals surface area (Å²) in [5.41, 5.74) is 1.87. The highest BCUT2D eigenvalue weighted by Crippen LogP contribution is 2.41. The Labute approximate surface area is 221 Å². The molecule has 0 saturated carbocycles. The van der Waals surface area contributed by atoms with Crippen LogP contribution in [0, 0.1) is 0 Å². The summed E-state index contributed by atoms with van der Waals surface area (Å²) < 4.78 is 23.0. The van der Waals surface area contributed by atoms with Gasteiger partial charge in [0.15, 0.2) is 0 Å². The monoisotopic (exact) mass is 510 g/mol. The molecule has 0 fully saturated rings. The van der Waals surface area contributed by atoms with Gasteiger partial charge in [-0.3, -0.25) is 9.59 Å². The van der Waals surface area contributed by atoms with Crippen molar-refractivity contribution >= 4 is 11.9 Å². The molecule has 202 valence electrons. The second-order valence-corrected chi connectivity index (χ2v) is 9.69. The van der Waals surface area contributed by atoms with E-state index in [1.807, 2.05) is 25.1 Å². The molecule has 1 aliphatic rings. The van der Waals surface area contributed by atoms with E-state index in [4.69, 9.17) is 18.9 Å². The topological polar surface area (TPSA) is 71.1 Å². The number of benzene rings is 2. The van der Waals surface area contributed by atoms with Gasteiger partial charge in [-0.05, 0) is 49.9 Å². The van der Waals surface area contributed by atoms with Crippen molar-refractivity contribution in [3.05, 3.63) is 47.5 Å². The molecule has 6 heteroatoms. The van der Waals surface area contributed by atoms with Crippen LogP contribution in [0.2, 0.25) is 0 Å².